The minimum atomic E-state index is -1.15. The molecule has 1 aromatic carbocycles. The van der Waals surface area contributed by atoms with Crippen LogP contribution in [0, 0.1) is 3.57 Å². The van der Waals surface area contributed by atoms with E-state index in [1.165, 1.54) is 27.7 Å². The summed E-state index contributed by atoms with van der Waals surface area (Å²) in [5, 5.41) is 0. The molecule has 0 aromatic heterocycles. The van der Waals surface area contributed by atoms with Gasteiger partial charge in [-0.15, -0.1) is 0 Å². The molecule has 0 radical (unpaired) electrons. The van der Waals surface area contributed by atoms with Crippen LogP contribution in [0.15, 0.2) is 30.3 Å². The van der Waals surface area contributed by atoms with Gasteiger partial charge < -0.3 is 23.7 Å². The van der Waals surface area contributed by atoms with Crippen molar-refractivity contribution in [2.75, 3.05) is 6.61 Å². The van der Waals surface area contributed by atoms with Crippen molar-refractivity contribution in [2.24, 2.45) is 0 Å². The van der Waals surface area contributed by atoms with Crippen LogP contribution in [0.2, 0.25) is 0 Å². The molecule has 1 saturated heterocycles. The third-order valence-electron chi connectivity index (χ3n) is 4.64. The van der Waals surface area contributed by atoms with Gasteiger partial charge in [0.25, 0.3) is 0 Å². The molecular weight excluding hydrogens is 547 g/mol. The first-order valence-electron chi connectivity index (χ1n) is 10.3. The predicted octanol–water partition coefficient (Wildman–Crippen LogP) is 2.82. The zero-order valence-electron chi connectivity index (χ0n) is 18.8. The lowest BCUT2D eigenvalue weighted by Crippen LogP contribution is -2.62. The first-order valence-corrected chi connectivity index (χ1v) is 11.4. The summed E-state index contributed by atoms with van der Waals surface area (Å²) in [6.45, 7) is 4.59. The molecule has 9 nitrogen and oxygen atoms in total. The lowest BCUT2D eigenvalue weighted by molar-refractivity contribution is -0.251. The first-order chi connectivity index (χ1) is 15.6. The maximum atomic E-state index is 11.8. The molecule has 2 rings (SSSR count). The average molecular weight is 574 g/mol. The van der Waals surface area contributed by atoms with Crippen molar-refractivity contribution >= 4 is 52.5 Å². The fourth-order valence-corrected chi connectivity index (χ4v) is 3.78. The Morgan fingerprint density at radius 1 is 0.818 bits per heavy atom. The smallest absolute Gasteiger partial charge is 0.303 e. The molecule has 0 saturated carbocycles. The molecule has 1 aliphatic rings. The van der Waals surface area contributed by atoms with E-state index < -0.39 is 54.4 Å². The summed E-state index contributed by atoms with van der Waals surface area (Å²) in [5.74, 6) is -2.49. The summed E-state index contributed by atoms with van der Waals surface area (Å²) < 4.78 is 28.5. The van der Waals surface area contributed by atoms with Gasteiger partial charge in [0, 0.05) is 31.3 Å². The summed E-state index contributed by atoms with van der Waals surface area (Å²) in [6.07, 6.45) is -1.05. The minimum Gasteiger partial charge on any atom is -0.463 e. The van der Waals surface area contributed by atoms with Crippen molar-refractivity contribution < 1.29 is 42.9 Å². The molecule has 0 amide bonds. The van der Waals surface area contributed by atoms with Gasteiger partial charge in [0.15, 0.2) is 18.3 Å². The quantitative estimate of drug-likeness (QED) is 0.263. The molecule has 1 aliphatic heterocycles. The fourth-order valence-electron chi connectivity index (χ4n) is 3.42. The van der Waals surface area contributed by atoms with Crippen LogP contribution in [0.1, 0.15) is 39.7 Å². The Morgan fingerprint density at radius 2 is 1.33 bits per heavy atom. The highest BCUT2D eigenvalue weighted by atomic mass is 127. The van der Waals surface area contributed by atoms with E-state index in [1.54, 1.807) is 0 Å². The van der Waals surface area contributed by atoms with Gasteiger partial charge in [-0.2, -0.15) is 0 Å². The van der Waals surface area contributed by atoms with Crippen LogP contribution in [0.25, 0.3) is 6.08 Å². The maximum absolute atomic E-state index is 11.8. The Morgan fingerprint density at radius 3 is 1.85 bits per heavy atom. The highest BCUT2D eigenvalue weighted by Crippen LogP contribution is 2.31. The molecule has 0 bridgehead atoms. The number of carbonyl (C=O) groups is 4. The molecular formula is C23H27IO9. The van der Waals surface area contributed by atoms with Crippen molar-refractivity contribution in [1.82, 2.24) is 0 Å². The van der Waals surface area contributed by atoms with Crippen molar-refractivity contribution in [1.29, 1.82) is 0 Å². The van der Waals surface area contributed by atoms with E-state index in [9.17, 15) is 19.2 Å². The molecule has 180 valence electrons. The number of hydrogen-bond donors (Lipinski definition) is 0. The Labute approximate surface area is 205 Å². The molecule has 5 atom stereocenters. The number of halogens is 1. The van der Waals surface area contributed by atoms with Crippen LogP contribution in [-0.2, 0) is 42.9 Å². The molecule has 0 unspecified atom stereocenters. The van der Waals surface area contributed by atoms with E-state index in [4.69, 9.17) is 23.7 Å². The third kappa shape index (κ3) is 8.77. The third-order valence-corrected chi connectivity index (χ3v) is 5.35. The fraction of sp³-hybridized carbons (Fsp3) is 0.478. The van der Waals surface area contributed by atoms with E-state index in [0.29, 0.717) is 0 Å². The van der Waals surface area contributed by atoms with Crippen LogP contribution in [0.5, 0.6) is 0 Å². The van der Waals surface area contributed by atoms with Crippen molar-refractivity contribution in [3.05, 3.63) is 39.5 Å². The van der Waals surface area contributed by atoms with E-state index in [1.807, 2.05) is 36.4 Å². The van der Waals surface area contributed by atoms with Crippen LogP contribution in [-0.4, -0.2) is 61.0 Å². The lowest BCUT2D eigenvalue weighted by Gasteiger charge is -2.44. The van der Waals surface area contributed by atoms with Crippen molar-refractivity contribution in [3.8, 4) is 0 Å². The van der Waals surface area contributed by atoms with Gasteiger partial charge in [0.2, 0.25) is 0 Å². The Balaban J connectivity index is 2.35. The monoisotopic (exact) mass is 574 g/mol. The van der Waals surface area contributed by atoms with Gasteiger partial charge in [-0.25, -0.2) is 0 Å². The minimum absolute atomic E-state index is 0.241. The highest BCUT2D eigenvalue weighted by molar-refractivity contribution is 14.1. The van der Waals surface area contributed by atoms with Gasteiger partial charge in [0.1, 0.15) is 18.8 Å². The molecule has 10 heteroatoms. The second kappa shape index (κ2) is 12.7. The SMILES string of the molecule is CC(=O)OC[C@H]1O[C@H](C/C=C/c2ccc(I)cc2)[C@@H](OC(C)=O)[C@@H](OC(C)=O)[C@H]1OC(C)=O. The number of esters is 4. The van der Waals surface area contributed by atoms with E-state index in [2.05, 4.69) is 22.6 Å². The first kappa shape index (κ1) is 26.8. The molecule has 1 fully saturated rings. The number of rotatable bonds is 8. The molecule has 0 N–H and O–H groups in total. The Kier molecular flexibility index (Phi) is 10.3. The van der Waals surface area contributed by atoms with Crippen molar-refractivity contribution in [3.63, 3.8) is 0 Å². The zero-order chi connectivity index (χ0) is 24.5. The topological polar surface area (TPSA) is 114 Å². The van der Waals surface area contributed by atoms with Crippen LogP contribution < -0.4 is 0 Å². The summed E-state index contributed by atoms with van der Waals surface area (Å²) in [5.41, 5.74) is 0.959. The van der Waals surface area contributed by atoms with E-state index in [-0.39, 0.29) is 13.0 Å². The standard InChI is InChI=1S/C23H27IO9/c1-13(25)29-12-20-22(31-15(3)27)23(32-16(4)28)21(30-14(2)26)19(33-20)7-5-6-17-8-10-18(24)11-9-17/h5-6,8-11,19-23H,7,12H2,1-4H3/b6-5+/t19-,20-,21-,22+,23-/m1/s1. The number of carbonyl (C=O) groups excluding carboxylic acids is 4. The van der Waals surface area contributed by atoms with Crippen LogP contribution in [0.3, 0.4) is 0 Å². The normalized spacial score (nSPS) is 24.7. The van der Waals surface area contributed by atoms with Gasteiger partial charge >= 0.3 is 23.9 Å². The zero-order valence-corrected chi connectivity index (χ0v) is 21.0. The van der Waals surface area contributed by atoms with E-state index in [0.717, 1.165) is 9.13 Å². The summed E-state index contributed by atoms with van der Waals surface area (Å²) >= 11 is 2.21. The maximum Gasteiger partial charge on any atom is 0.303 e. The number of benzene rings is 1. The van der Waals surface area contributed by atoms with Crippen molar-refractivity contribution in [2.45, 2.75) is 64.6 Å². The average Bonchev–Trinajstić information content (AvgIpc) is 2.71. The van der Waals surface area contributed by atoms with Crippen LogP contribution in [0.4, 0.5) is 0 Å². The molecule has 0 spiro atoms. The van der Waals surface area contributed by atoms with Gasteiger partial charge in [-0.05, 0) is 46.7 Å². The van der Waals surface area contributed by atoms with Gasteiger partial charge in [0.05, 0.1) is 0 Å². The van der Waals surface area contributed by atoms with E-state index >= 15 is 0 Å². The molecule has 1 aromatic rings. The number of hydrogen-bond acceptors (Lipinski definition) is 9. The Bertz CT molecular complexity index is 880. The molecule has 0 aliphatic carbocycles. The predicted molar refractivity (Wildman–Crippen MR) is 125 cm³/mol. The largest absolute Gasteiger partial charge is 0.463 e. The van der Waals surface area contributed by atoms with Gasteiger partial charge in [-0.3, -0.25) is 19.2 Å². The lowest BCUT2D eigenvalue weighted by atomic mass is 9.92. The number of ether oxygens (including phenoxy) is 5. The summed E-state index contributed by atoms with van der Waals surface area (Å²) in [7, 11) is 0. The second-order valence-electron chi connectivity index (χ2n) is 7.43. The highest BCUT2D eigenvalue weighted by Gasteiger charge is 2.51. The molecule has 1 heterocycles. The summed E-state index contributed by atoms with van der Waals surface area (Å²) in [6, 6.07) is 7.83. The van der Waals surface area contributed by atoms with Crippen LogP contribution >= 0.6 is 22.6 Å². The second-order valence-corrected chi connectivity index (χ2v) is 8.67. The van der Waals surface area contributed by atoms with Gasteiger partial charge in [-0.1, -0.05) is 24.3 Å². The summed E-state index contributed by atoms with van der Waals surface area (Å²) in [4.78, 5) is 46.8. The molecule has 33 heavy (non-hydrogen) atoms. The Hall–Kier alpha value is -2.47.